The average Bonchev–Trinajstić information content (AvgIpc) is 3.85. The number of aromatic nitrogens is 4. The van der Waals surface area contributed by atoms with Crippen LogP contribution in [0.1, 0.15) is 55.3 Å². The fraction of sp³-hybridized carbons (Fsp3) is 0.615. The molecule has 4 fully saturated rings. The summed E-state index contributed by atoms with van der Waals surface area (Å²) in [6.07, 6.45) is -3.11. The molecule has 0 spiro atoms. The Morgan fingerprint density at radius 2 is 1.84 bits per heavy atom. The number of hydrogen-bond acceptors (Lipinski definition) is 10. The lowest BCUT2D eigenvalue weighted by Gasteiger charge is -2.37. The molecule has 4 aliphatic rings. The van der Waals surface area contributed by atoms with E-state index in [1.807, 2.05) is 4.90 Å². The van der Waals surface area contributed by atoms with E-state index in [9.17, 15) is 30.8 Å². The van der Waals surface area contributed by atoms with E-state index in [0.717, 1.165) is 0 Å². The van der Waals surface area contributed by atoms with Crippen molar-refractivity contribution < 1.29 is 40.2 Å². The minimum atomic E-state index is -4.47. The third-order valence-electron chi connectivity index (χ3n) is 8.78. The Hall–Kier alpha value is -2.93. The van der Waals surface area contributed by atoms with Crippen molar-refractivity contribution in [1.29, 1.82) is 0 Å². The van der Waals surface area contributed by atoms with Crippen LogP contribution < -0.4 is 9.62 Å². The summed E-state index contributed by atoms with van der Waals surface area (Å²) in [6, 6.07) is 1.38. The van der Waals surface area contributed by atoms with E-state index < -0.39 is 45.1 Å². The highest BCUT2D eigenvalue weighted by molar-refractivity contribution is 7.89. The zero-order chi connectivity index (χ0) is 31.0. The van der Waals surface area contributed by atoms with E-state index in [0.29, 0.717) is 80.4 Å². The first-order chi connectivity index (χ1) is 21.0. The van der Waals surface area contributed by atoms with E-state index in [1.165, 1.54) is 23.8 Å². The van der Waals surface area contributed by atoms with Crippen molar-refractivity contribution in [3.63, 3.8) is 0 Å². The van der Waals surface area contributed by atoms with Gasteiger partial charge in [0, 0.05) is 45.9 Å². The van der Waals surface area contributed by atoms with Gasteiger partial charge in [-0.05, 0) is 31.7 Å². The highest BCUT2D eigenvalue weighted by Crippen LogP contribution is 2.44. The van der Waals surface area contributed by atoms with Crippen LogP contribution in [0.5, 0.6) is 0 Å². The van der Waals surface area contributed by atoms with Gasteiger partial charge in [-0.2, -0.15) is 4.72 Å². The fourth-order valence-corrected chi connectivity index (χ4v) is 7.90. The number of carbonyl (C=O) groups is 1. The van der Waals surface area contributed by atoms with Crippen LogP contribution in [0.25, 0.3) is 16.3 Å². The number of ether oxygens (including phenoxy) is 2. The second-order valence-corrected chi connectivity index (χ2v) is 14.2. The summed E-state index contributed by atoms with van der Waals surface area (Å²) >= 11 is 0.650. The molecule has 5 heterocycles. The zero-order valence-corrected chi connectivity index (χ0v) is 25.1. The van der Waals surface area contributed by atoms with Gasteiger partial charge >= 0.3 is 0 Å². The van der Waals surface area contributed by atoms with Gasteiger partial charge in [0.25, 0.3) is 18.8 Å². The summed E-state index contributed by atoms with van der Waals surface area (Å²) < 4.78 is 96.5. The molecule has 3 aromatic heterocycles. The van der Waals surface area contributed by atoms with Crippen molar-refractivity contribution in [2.24, 2.45) is 0 Å². The van der Waals surface area contributed by atoms with Crippen molar-refractivity contribution in [3.8, 4) is 10.7 Å². The maximum absolute atomic E-state index is 13.8. The molecule has 2 saturated heterocycles. The third-order valence-corrected chi connectivity index (χ3v) is 11.2. The predicted octanol–water partition coefficient (Wildman–Crippen LogP) is 3.16. The lowest BCUT2D eigenvalue weighted by Crippen LogP contribution is -2.52. The number of pyridine rings is 1. The summed E-state index contributed by atoms with van der Waals surface area (Å²) in [5.41, 5.74) is -1.31. The molecule has 44 heavy (non-hydrogen) atoms. The first-order valence-electron chi connectivity index (χ1n) is 14.2. The minimum absolute atomic E-state index is 0.00136. The zero-order valence-electron chi connectivity index (χ0n) is 23.5. The van der Waals surface area contributed by atoms with Gasteiger partial charge in [-0.15, -0.1) is 10.2 Å². The quantitative estimate of drug-likeness (QED) is 0.326. The van der Waals surface area contributed by atoms with Gasteiger partial charge < -0.3 is 19.3 Å². The first kappa shape index (κ1) is 29.8. The topological polar surface area (TPSA) is 131 Å². The number of anilines is 1. The van der Waals surface area contributed by atoms with Crippen LogP contribution >= 0.6 is 11.3 Å². The molecule has 0 radical (unpaired) electrons. The van der Waals surface area contributed by atoms with Crippen molar-refractivity contribution in [1.82, 2.24) is 29.2 Å². The number of alkyl halides is 4. The van der Waals surface area contributed by atoms with Gasteiger partial charge in [0.1, 0.15) is 22.3 Å². The second kappa shape index (κ2) is 10.6. The number of methoxy groups -OCH3 is 1. The highest BCUT2D eigenvalue weighted by Gasteiger charge is 2.54. The van der Waals surface area contributed by atoms with E-state index in [-0.39, 0.29) is 34.3 Å². The van der Waals surface area contributed by atoms with Crippen LogP contribution in [0.3, 0.4) is 0 Å². The van der Waals surface area contributed by atoms with Crippen molar-refractivity contribution >= 4 is 38.6 Å². The Labute approximate surface area is 253 Å². The molecule has 238 valence electrons. The number of imidazole rings is 1. The van der Waals surface area contributed by atoms with Crippen LogP contribution in [0.4, 0.5) is 23.2 Å². The Morgan fingerprint density at radius 3 is 2.36 bits per heavy atom. The van der Waals surface area contributed by atoms with Gasteiger partial charge in [0.15, 0.2) is 15.7 Å². The highest BCUT2D eigenvalue weighted by atomic mass is 32.2. The molecule has 2 aliphatic heterocycles. The maximum Gasteiger partial charge on any atom is 0.291 e. The SMILES string of the molecule is COC1(C(=O)N2CCN(c3cc(S(=O)(=O)NC4(C(F)F)CC4)cn4c(-c5nnc(C(F)F)s5)c(C5CCO5)nc34)CC2)CC1. The number of halogens is 4. The van der Waals surface area contributed by atoms with E-state index >= 15 is 0 Å². The number of nitrogens with one attached hydrogen (secondary N) is 1. The molecular formula is C26H29F4N7O5S2. The molecule has 1 amide bonds. The summed E-state index contributed by atoms with van der Waals surface area (Å²) in [6.45, 7) is 1.78. The number of hydrogen-bond donors (Lipinski definition) is 1. The lowest BCUT2D eigenvalue weighted by atomic mass is 10.1. The van der Waals surface area contributed by atoms with E-state index in [2.05, 4.69) is 14.9 Å². The number of rotatable bonds is 10. The molecule has 2 aliphatic carbocycles. The summed E-state index contributed by atoms with van der Waals surface area (Å²) in [7, 11) is -2.96. The van der Waals surface area contributed by atoms with Crippen LogP contribution in [0.2, 0.25) is 0 Å². The Kier molecular flexibility index (Phi) is 7.15. The van der Waals surface area contributed by atoms with Gasteiger partial charge in [0.2, 0.25) is 10.0 Å². The van der Waals surface area contributed by atoms with Gasteiger partial charge in [0.05, 0.1) is 23.5 Å². The average molecular weight is 660 g/mol. The van der Waals surface area contributed by atoms with Gasteiger partial charge in [-0.1, -0.05) is 11.3 Å². The number of fused-ring (bicyclic) bond motifs is 1. The Morgan fingerprint density at radius 1 is 1.14 bits per heavy atom. The molecule has 1 unspecified atom stereocenters. The molecule has 12 nitrogen and oxygen atoms in total. The minimum Gasteiger partial charge on any atom is -0.372 e. The largest absolute Gasteiger partial charge is 0.372 e. The van der Waals surface area contributed by atoms with Crippen molar-refractivity contribution in [2.45, 2.75) is 67.1 Å². The smallest absolute Gasteiger partial charge is 0.291 e. The lowest BCUT2D eigenvalue weighted by molar-refractivity contribution is -0.144. The first-order valence-corrected chi connectivity index (χ1v) is 16.5. The summed E-state index contributed by atoms with van der Waals surface area (Å²) in [5, 5.41) is 7.14. The molecule has 7 rings (SSSR count). The Bertz CT molecular complexity index is 1710. The van der Waals surface area contributed by atoms with Crippen molar-refractivity contribution in [2.75, 3.05) is 44.8 Å². The van der Waals surface area contributed by atoms with Crippen molar-refractivity contribution in [3.05, 3.63) is 23.0 Å². The molecule has 1 atom stereocenters. The fourth-order valence-electron chi connectivity index (χ4n) is 5.69. The number of sulfonamides is 1. The number of carbonyl (C=O) groups excluding carboxylic acids is 1. The standard InChI is InChI=1S/C26H29F4N7O5S2/c1-41-26(5-6-26)24(38)36-9-7-35(8-10-36)15-12-14(44(39,40)34-25(3-4-25)23(29)30)13-37-18(21-32-33-22(43-21)19(27)28)17(31-20(15)37)16-2-11-42-16/h12-13,16,19,23,34H,2-11H2,1H3. The number of nitrogens with zero attached hydrogens (tertiary/aromatic N) is 6. The monoisotopic (exact) mass is 659 g/mol. The maximum atomic E-state index is 13.8. The normalized spacial score (nSPS) is 22.6. The Balaban J connectivity index is 1.33. The molecular weight excluding hydrogens is 630 g/mol. The molecule has 0 bridgehead atoms. The van der Waals surface area contributed by atoms with Crippen LogP contribution in [-0.4, -0.2) is 96.3 Å². The van der Waals surface area contributed by atoms with E-state index in [4.69, 9.17) is 14.5 Å². The predicted molar refractivity (Wildman–Crippen MR) is 148 cm³/mol. The van der Waals surface area contributed by atoms with Crippen LogP contribution in [-0.2, 0) is 24.3 Å². The number of amides is 1. The van der Waals surface area contributed by atoms with Gasteiger partial charge in [-0.3, -0.25) is 9.20 Å². The second-order valence-electron chi connectivity index (χ2n) is 11.5. The number of piperazine rings is 1. The van der Waals surface area contributed by atoms with Crippen LogP contribution in [0.15, 0.2) is 17.2 Å². The third kappa shape index (κ3) is 4.94. The van der Waals surface area contributed by atoms with Crippen LogP contribution in [0, 0.1) is 0 Å². The molecule has 18 heteroatoms. The summed E-state index contributed by atoms with van der Waals surface area (Å²) in [5.74, 6) is -0.0920. The van der Waals surface area contributed by atoms with Gasteiger partial charge in [-0.25, -0.2) is 31.0 Å². The molecule has 1 N–H and O–H groups in total. The summed E-state index contributed by atoms with van der Waals surface area (Å²) in [4.78, 5) is 21.1. The molecule has 3 aromatic rings. The molecule has 2 saturated carbocycles. The molecule has 0 aromatic carbocycles. The van der Waals surface area contributed by atoms with E-state index in [1.54, 1.807) is 4.90 Å².